The highest BCUT2D eigenvalue weighted by molar-refractivity contribution is 6.30. The maximum Gasteiger partial charge on any atom is 0.253 e. The highest BCUT2D eigenvalue weighted by atomic mass is 35.5. The van der Waals surface area contributed by atoms with E-state index in [1.54, 1.807) is 24.3 Å². The SMILES string of the molecule is Cl.O=C1NC2(CCN(C(=O)c3ccc(Cl)cc3)CC2)N[C@H]1Cc1ccccc1. The van der Waals surface area contributed by atoms with E-state index in [1.807, 2.05) is 35.2 Å². The third-order valence-corrected chi connectivity index (χ3v) is 5.66. The molecule has 2 aliphatic rings. The quantitative estimate of drug-likeness (QED) is 0.803. The molecule has 0 unspecified atom stereocenters. The van der Waals surface area contributed by atoms with Crippen molar-refractivity contribution in [3.63, 3.8) is 0 Å². The third-order valence-electron chi connectivity index (χ3n) is 5.41. The summed E-state index contributed by atoms with van der Waals surface area (Å²) in [5, 5.41) is 7.25. The van der Waals surface area contributed by atoms with E-state index in [0.717, 1.165) is 5.56 Å². The van der Waals surface area contributed by atoms with E-state index in [1.165, 1.54) is 0 Å². The molecule has 1 atom stereocenters. The number of nitrogens with zero attached hydrogens (tertiary/aromatic N) is 1. The van der Waals surface area contributed by atoms with Crippen LogP contribution in [0.4, 0.5) is 0 Å². The van der Waals surface area contributed by atoms with Crippen molar-refractivity contribution in [2.45, 2.75) is 31.0 Å². The second-order valence-corrected chi connectivity index (χ2v) is 7.69. The van der Waals surface area contributed by atoms with Crippen molar-refractivity contribution >= 4 is 35.8 Å². The van der Waals surface area contributed by atoms with Gasteiger partial charge < -0.3 is 10.2 Å². The van der Waals surface area contributed by atoms with Gasteiger partial charge in [0.2, 0.25) is 5.91 Å². The molecule has 5 nitrogen and oxygen atoms in total. The van der Waals surface area contributed by atoms with Crippen molar-refractivity contribution in [1.29, 1.82) is 0 Å². The zero-order valence-electron chi connectivity index (χ0n) is 15.4. The zero-order chi connectivity index (χ0) is 18.9. The smallest absolute Gasteiger partial charge is 0.253 e. The van der Waals surface area contributed by atoms with Crippen LogP contribution in [0, 0.1) is 0 Å². The van der Waals surface area contributed by atoms with Gasteiger partial charge >= 0.3 is 0 Å². The summed E-state index contributed by atoms with van der Waals surface area (Å²) in [7, 11) is 0. The molecular formula is C21H23Cl2N3O2. The van der Waals surface area contributed by atoms with Gasteiger partial charge in [0, 0.05) is 36.5 Å². The lowest BCUT2D eigenvalue weighted by Crippen LogP contribution is -2.58. The molecule has 0 saturated carbocycles. The van der Waals surface area contributed by atoms with Crippen LogP contribution in [0.1, 0.15) is 28.8 Å². The molecule has 1 spiro atoms. The lowest BCUT2D eigenvalue weighted by molar-refractivity contribution is -0.121. The molecule has 2 aliphatic heterocycles. The molecule has 148 valence electrons. The Labute approximate surface area is 175 Å². The van der Waals surface area contributed by atoms with Crippen LogP contribution in [0.3, 0.4) is 0 Å². The fourth-order valence-electron chi connectivity index (χ4n) is 3.89. The molecule has 2 amide bonds. The molecule has 2 heterocycles. The molecule has 0 aliphatic carbocycles. The number of likely N-dealkylation sites (tertiary alicyclic amines) is 1. The molecule has 2 N–H and O–H groups in total. The fourth-order valence-corrected chi connectivity index (χ4v) is 4.01. The minimum Gasteiger partial charge on any atom is -0.338 e. The summed E-state index contributed by atoms with van der Waals surface area (Å²) in [5.41, 5.74) is 1.37. The fraction of sp³-hybridized carbons (Fsp3) is 0.333. The first-order chi connectivity index (χ1) is 13.0. The Hall–Kier alpha value is -2.08. The molecule has 28 heavy (non-hydrogen) atoms. The van der Waals surface area contributed by atoms with Crippen molar-refractivity contribution in [3.8, 4) is 0 Å². The molecule has 7 heteroatoms. The normalized spacial score (nSPS) is 20.5. The second kappa shape index (κ2) is 8.52. The summed E-state index contributed by atoms with van der Waals surface area (Å²) in [6.45, 7) is 1.21. The standard InChI is InChI=1S/C21H22ClN3O2.ClH/c22-17-8-6-16(7-9-17)20(27)25-12-10-21(11-13-25)23-18(19(26)24-21)14-15-4-2-1-3-5-15;/h1-9,18,23H,10-14H2,(H,24,26);1H/t18-;/m0./s1. The van der Waals surface area contributed by atoms with Gasteiger partial charge in [-0.2, -0.15) is 0 Å². The Morgan fingerprint density at radius 3 is 2.36 bits per heavy atom. The van der Waals surface area contributed by atoms with Gasteiger partial charge in [0.25, 0.3) is 5.91 Å². The lowest BCUT2D eigenvalue weighted by atomic mass is 9.96. The Kier molecular flexibility index (Phi) is 6.28. The summed E-state index contributed by atoms with van der Waals surface area (Å²) in [6, 6.07) is 16.7. The molecule has 4 rings (SSSR count). The van der Waals surface area contributed by atoms with Gasteiger partial charge in [0.1, 0.15) is 0 Å². The molecule has 0 aromatic heterocycles. The minimum atomic E-state index is -0.409. The number of halogens is 2. The molecule has 0 radical (unpaired) electrons. The van der Waals surface area contributed by atoms with Crippen LogP contribution in [-0.2, 0) is 11.2 Å². The average molecular weight is 420 g/mol. The van der Waals surface area contributed by atoms with Crippen molar-refractivity contribution in [3.05, 3.63) is 70.7 Å². The number of amides is 2. The van der Waals surface area contributed by atoms with Crippen LogP contribution in [0.15, 0.2) is 54.6 Å². The van der Waals surface area contributed by atoms with E-state index in [4.69, 9.17) is 11.6 Å². The number of nitrogens with one attached hydrogen (secondary N) is 2. The Morgan fingerprint density at radius 1 is 1.07 bits per heavy atom. The van der Waals surface area contributed by atoms with Crippen LogP contribution in [0.25, 0.3) is 0 Å². The molecule has 2 aromatic rings. The van der Waals surface area contributed by atoms with E-state index >= 15 is 0 Å². The summed E-state index contributed by atoms with van der Waals surface area (Å²) in [6.07, 6.45) is 2.06. The first-order valence-corrected chi connectivity index (χ1v) is 9.61. The van der Waals surface area contributed by atoms with E-state index in [2.05, 4.69) is 10.6 Å². The number of carbonyl (C=O) groups excluding carboxylic acids is 2. The van der Waals surface area contributed by atoms with Gasteiger partial charge in [-0.3, -0.25) is 14.9 Å². The van der Waals surface area contributed by atoms with Crippen LogP contribution in [0.5, 0.6) is 0 Å². The maximum absolute atomic E-state index is 12.7. The predicted octanol–water partition coefficient (Wildman–Crippen LogP) is 3.02. The van der Waals surface area contributed by atoms with Gasteiger partial charge in [-0.05, 0) is 36.2 Å². The topological polar surface area (TPSA) is 61.4 Å². The minimum absolute atomic E-state index is 0. The predicted molar refractivity (Wildman–Crippen MR) is 112 cm³/mol. The highest BCUT2D eigenvalue weighted by Crippen LogP contribution is 2.26. The Balaban J connectivity index is 0.00000225. The van der Waals surface area contributed by atoms with Crippen LogP contribution in [0.2, 0.25) is 5.02 Å². The highest BCUT2D eigenvalue weighted by Gasteiger charge is 2.45. The van der Waals surface area contributed by atoms with Gasteiger partial charge in [0.15, 0.2) is 0 Å². The van der Waals surface area contributed by atoms with Gasteiger partial charge in [0.05, 0.1) is 11.7 Å². The third kappa shape index (κ3) is 4.32. The van der Waals surface area contributed by atoms with E-state index in [0.29, 0.717) is 42.9 Å². The number of rotatable bonds is 3. The van der Waals surface area contributed by atoms with Crippen molar-refractivity contribution < 1.29 is 9.59 Å². The molecule has 2 aromatic carbocycles. The number of piperidine rings is 1. The maximum atomic E-state index is 12.7. The molecule has 2 fully saturated rings. The van der Waals surface area contributed by atoms with Crippen LogP contribution in [-0.4, -0.2) is 41.5 Å². The Bertz CT molecular complexity index is 834. The van der Waals surface area contributed by atoms with Crippen LogP contribution < -0.4 is 10.6 Å². The van der Waals surface area contributed by atoms with Crippen molar-refractivity contribution in [1.82, 2.24) is 15.5 Å². The number of hydrogen-bond acceptors (Lipinski definition) is 3. The Morgan fingerprint density at radius 2 is 1.71 bits per heavy atom. The van der Waals surface area contributed by atoms with E-state index < -0.39 is 5.66 Å². The first kappa shape index (κ1) is 20.6. The monoisotopic (exact) mass is 419 g/mol. The van der Waals surface area contributed by atoms with Gasteiger partial charge in [-0.1, -0.05) is 41.9 Å². The summed E-state index contributed by atoms with van der Waals surface area (Å²) < 4.78 is 0. The van der Waals surface area contributed by atoms with E-state index in [9.17, 15) is 9.59 Å². The second-order valence-electron chi connectivity index (χ2n) is 7.26. The van der Waals surface area contributed by atoms with Crippen LogP contribution >= 0.6 is 24.0 Å². The first-order valence-electron chi connectivity index (χ1n) is 9.23. The number of hydrogen-bond donors (Lipinski definition) is 2. The average Bonchev–Trinajstić information content (AvgIpc) is 2.98. The van der Waals surface area contributed by atoms with Gasteiger partial charge in [-0.25, -0.2) is 0 Å². The number of benzene rings is 2. The van der Waals surface area contributed by atoms with E-state index in [-0.39, 0.29) is 30.3 Å². The molecule has 2 saturated heterocycles. The largest absolute Gasteiger partial charge is 0.338 e. The van der Waals surface area contributed by atoms with Crippen molar-refractivity contribution in [2.75, 3.05) is 13.1 Å². The summed E-state index contributed by atoms with van der Waals surface area (Å²) in [5.74, 6) is 0.0445. The number of carbonyl (C=O) groups is 2. The lowest BCUT2D eigenvalue weighted by Gasteiger charge is -2.39. The molecule has 0 bridgehead atoms. The van der Waals surface area contributed by atoms with Crippen molar-refractivity contribution in [2.24, 2.45) is 0 Å². The van der Waals surface area contributed by atoms with Gasteiger partial charge in [-0.15, -0.1) is 12.4 Å². The zero-order valence-corrected chi connectivity index (χ0v) is 16.9. The summed E-state index contributed by atoms with van der Waals surface area (Å²) in [4.78, 5) is 27.0. The summed E-state index contributed by atoms with van der Waals surface area (Å²) >= 11 is 5.90. The molecular weight excluding hydrogens is 397 g/mol.